The molecule has 1 aromatic heterocycles. The van der Waals surface area contributed by atoms with Crippen LogP contribution in [0.3, 0.4) is 0 Å². The zero-order chi connectivity index (χ0) is 16.5. The molecule has 1 unspecified atom stereocenters. The van der Waals surface area contributed by atoms with Crippen LogP contribution in [-0.2, 0) is 6.54 Å². The van der Waals surface area contributed by atoms with E-state index in [-0.39, 0.29) is 6.04 Å². The number of benzene rings is 1. The fraction of sp³-hybridized carbons (Fsp3) is 0.556. The number of likely N-dealkylation sites (tertiary alicyclic amines) is 1. The number of hydrogen-bond donors (Lipinski definition) is 2. The van der Waals surface area contributed by atoms with Gasteiger partial charge in [-0.1, -0.05) is 6.07 Å². The Morgan fingerprint density at radius 2 is 2.08 bits per heavy atom. The zero-order valence-corrected chi connectivity index (χ0v) is 14.0. The van der Waals surface area contributed by atoms with E-state index in [1.165, 1.54) is 32.4 Å². The summed E-state index contributed by atoms with van der Waals surface area (Å²) >= 11 is 0. The Hall–Kier alpha value is -1.92. The molecule has 4 rings (SSSR count). The molecule has 0 spiro atoms. The number of nitrogens with one attached hydrogen (secondary N) is 1. The Morgan fingerprint density at radius 3 is 2.79 bits per heavy atom. The lowest BCUT2D eigenvalue weighted by molar-refractivity contribution is 0.100. The molecule has 1 aromatic carbocycles. The van der Waals surface area contributed by atoms with Crippen LogP contribution in [0.4, 0.5) is 0 Å². The van der Waals surface area contributed by atoms with Crippen LogP contribution in [0.1, 0.15) is 47.9 Å². The Balaban J connectivity index is 1.73. The molecule has 24 heavy (non-hydrogen) atoms. The Labute approximate surface area is 142 Å². The summed E-state index contributed by atoms with van der Waals surface area (Å²) in [4.78, 5) is 19.1. The van der Waals surface area contributed by atoms with Crippen molar-refractivity contribution < 1.29 is 4.79 Å². The summed E-state index contributed by atoms with van der Waals surface area (Å²) in [7, 11) is 0. The molecule has 2 aliphatic rings. The minimum absolute atomic E-state index is 0.275. The maximum absolute atomic E-state index is 11.8. The van der Waals surface area contributed by atoms with Gasteiger partial charge in [0.2, 0.25) is 0 Å². The zero-order valence-electron chi connectivity index (χ0n) is 14.0. The fourth-order valence-electron chi connectivity index (χ4n) is 4.02. The van der Waals surface area contributed by atoms with Crippen LogP contribution in [0, 0.1) is 0 Å². The van der Waals surface area contributed by atoms with Crippen LogP contribution in [0.5, 0.6) is 0 Å². The minimum Gasteiger partial charge on any atom is -0.366 e. The van der Waals surface area contributed by atoms with Gasteiger partial charge >= 0.3 is 0 Å². The number of hydrogen-bond acceptors (Lipinski definition) is 4. The quantitative estimate of drug-likeness (QED) is 0.875. The number of fused-ring (bicyclic) bond motifs is 1. The van der Waals surface area contributed by atoms with Gasteiger partial charge in [0.15, 0.2) is 0 Å². The smallest absolute Gasteiger partial charge is 0.250 e. The van der Waals surface area contributed by atoms with E-state index in [0.717, 1.165) is 42.9 Å². The van der Waals surface area contributed by atoms with E-state index in [4.69, 9.17) is 10.7 Å². The highest BCUT2D eigenvalue weighted by molar-refractivity contribution is 6.04. The molecule has 0 bridgehead atoms. The van der Waals surface area contributed by atoms with Crippen molar-refractivity contribution in [3.63, 3.8) is 0 Å². The predicted octanol–water partition coefficient (Wildman–Crippen LogP) is 1.66. The summed E-state index contributed by atoms with van der Waals surface area (Å²) in [5, 5.41) is 3.54. The van der Waals surface area contributed by atoms with Gasteiger partial charge in [-0.15, -0.1) is 0 Å². The third kappa shape index (κ3) is 2.80. The standard InChI is InChI=1S/C18H25N5O/c19-17(24)13-5-3-7-15-16(13)21-18(14-6-4-8-20-14)23(15)12-11-22-9-1-2-10-22/h3,5,7,14,20H,1-2,4,6,8-12H2,(H2,19,24). The van der Waals surface area contributed by atoms with Gasteiger partial charge in [-0.3, -0.25) is 4.79 Å². The van der Waals surface area contributed by atoms with E-state index in [2.05, 4.69) is 20.9 Å². The summed E-state index contributed by atoms with van der Waals surface area (Å²) < 4.78 is 2.29. The first-order valence-electron chi connectivity index (χ1n) is 8.99. The summed E-state index contributed by atoms with van der Waals surface area (Å²) in [6.07, 6.45) is 4.86. The molecule has 128 valence electrons. The number of nitrogens with two attached hydrogens (primary N) is 1. The maximum atomic E-state index is 11.8. The monoisotopic (exact) mass is 327 g/mol. The van der Waals surface area contributed by atoms with Crippen LogP contribution < -0.4 is 11.1 Å². The van der Waals surface area contributed by atoms with Crippen molar-refractivity contribution in [1.29, 1.82) is 0 Å². The van der Waals surface area contributed by atoms with Crippen molar-refractivity contribution in [2.45, 2.75) is 38.3 Å². The van der Waals surface area contributed by atoms with Crippen molar-refractivity contribution in [3.05, 3.63) is 29.6 Å². The lowest BCUT2D eigenvalue weighted by Gasteiger charge is -2.18. The third-order valence-electron chi connectivity index (χ3n) is 5.28. The highest BCUT2D eigenvalue weighted by Crippen LogP contribution is 2.28. The lowest BCUT2D eigenvalue weighted by Crippen LogP contribution is -2.26. The van der Waals surface area contributed by atoms with Crippen LogP contribution in [-0.4, -0.2) is 46.5 Å². The van der Waals surface area contributed by atoms with E-state index < -0.39 is 5.91 Å². The molecule has 2 fully saturated rings. The Kier molecular flexibility index (Phi) is 4.24. The number of para-hydroxylation sites is 1. The van der Waals surface area contributed by atoms with Crippen molar-refractivity contribution in [2.24, 2.45) is 5.73 Å². The molecule has 1 amide bonds. The molecule has 2 aromatic rings. The van der Waals surface area contributed by atoms with Crippen LogP contribution >= 0.6 is 0 Å². The van der Waals surface area contributed by atoms with Gasteiger partial charge in [0.25, 0.3) is 5.91 Å². The van der Waals surface area contributed by atoms with E-state index in [0.29, 0.717) is 5.56 Å². The molecule has 0 aliphatic carbocycles. The molecular weight excluding hydrogens is 302 g/mol. The summed E-state index contributed by atoms with van der Waals surface area (Å²) in [5.74, 6) is 0.645. The molecule has 6 nitrogen and oxygen atoms in total. The number of rotatable bonds is 5. The second-order valence-electron chi connectivity index (χ2n) is 6.86. The number of aromatic nitrogens is 2. The molecule has 1 atom stereocenters. The van der Waals surface area contributed by atoms with E-state index in [9.17, 15) is 4.79 Å². The second kappa shape index (κ2) is 6.53. The molecule has 3 N–H and O–H groups in total. The highest BCUT2D eigenvalue weighted by atomic mass is 16.1. The first-order chi connectivity index (χ1) is 11.7. The summed E-state index contributed by atoms with van der Waals surface area (Å²) in [5.41, 5.74) is 7.84. The topological polar surface area (TPSA) is 76.2 Å². The SMILES string of the molecule is NC(=O)c1cccc2c1nc(C1CCCN1)n2CCN1CCCC1. The summed E-state index contributed by atoms with van der Waals surface area (Å²) in [6, 6.07) is 6.00. The van der Waals surface area contributed by atoms with Gasteiger partial charge in [-0.05, 0) is 57.5 Å². The van der Waals surface area contributed by atoms with Crippen LogP contribution in [0.25, 0.3) is 11.0 Å². The summed E-state index contributed by atoms with van der Waals surface area (Å²) in [6.45, 7) is 5.35. The lowest BCUT2D eigenvalue weighted by atomic mass is 10.2. The fourth-order valence-corrected chi connectivity index (χ4v) is 4.02. The minimum atomic E-state index is -0.407. The van der Waals surface area contributed by atoms with Gasteiger partial charge in [-0.25, -0.2) is 4.98 Å². The second-order valence-corrected chi connectivity index (χ2v) is 6.86. The number of carbonyl (C=O) groups is 1. The van der Waals surface area contributed by atoms with E-state index in [1.807, 2.05) is 6.07 Å². The first kappa shape index (κ1) is 15.6. The molecule has 0 saturated carbocycles. The normalized spacial score (nSPS) is 21.8. The molecule has 6 heteroatoms. The maximum Gasteiger partial charge on any atom is 0.250 e. The average Bonchev–Trinajstić information content (AvgIpc) is 3.32. The molecule has 2 aliphatic heterocycles. The van der Waals surface area contributed by atoms with E-state index >= 15 is 0 Å². The van der Waals surface area contributed by atoms with Crippen molar-refractivity contribution >= 4 is 16.9 Å². The number of amides is 1. The van der Waals surface area contributed by atoms with E-state index in [1.54, 1.807) is 6.07 Å². The van der Waals surface area contributed by atoms with Crippen molar-refractivity contribution in [2.75, 3.05) is 26.2 Å². The molecular formula is C18H25N5O. The van der Waals surface area contributed by atoms with Crippen LogP contribution in [0.15, 0.2) is 18.2 Å². The largest absolute Gasteiger partial charge is 0.366 e. The average molecular weight is 327 g/mol. The third-order valence-corrected chi connectivity index (χ3v) is 5.28. The van der Waals surface area contributed by atoms with Crippen LogP contribution in [0.2, 0.25) is 0 Å². The Morgan fingerprint density at radius 1 is 1.25 bits per heavy atom. The number of primary amides is 1. The van der Waals surface area contributed by atoms with Gasteiger partial charge in [0, 0.05) is 13.1 Å². The van der Waals surface area contributed by atoms with Crippen molar-refractivity contribution in [3.8, 4) is 0 Å². The molecule has 3 heterocycles. The molecule has 2 saturated heterocycles. The number of carbonyl (C=O) groups excluding carboxylic acids is 1. The van der Waals surface area contributed by atoms with Gasteiger partial charge in [0.05, 0.1) is 17.1 Å². The first-order valence-corrected chi connectivity index (χ1v) is 8.99. The van der Waals surface area contributed by atoms with Gasteiger partial charge in [-0.2, -0.15) is 0 Å². The Bertz CT molecular complexity index is 741. The van der Waals surface area contributed by atoms with Gasteiger partial charge in [0.1, 0.15) is 11.3 Å². The number of nitrogens with zero attached hydrogens (tertiary/aromatic N) is 3. The number of imidazole rings is 1. The van der Waals surface area contributed by atoms with Crippen molar-refractivity contribution in [1.82, 2.24) is 19.8 Å². The predicted molar refractivity (Wildman–Crippen MR) is 93.9 cm³/mol. The van der Waals surface area contributed by atoms with Gasteiger partial charge < -0.3 is 20.5 Å². The highest BCUT2D eigenvalue weighted by Gasteiger charge is 2.25. The molecule has 0 radical (unpaired) electrons.